The number of hydrogen-bond acceptors (Lipinski definition) is 6. The Balaban J connectivity index is 1.44. The molecule has 2 aromatic carbocycles. The van der Waals surface area contributed by atoms with Crippen molar-refractivity contribution in [3.63, 3.8) is 0 Å². The van der Waals surface area contributed by atoms with Crippen molar-refractivity contribution in [2.24, 2.45) is 10.7 Å². The number of nitrogens with zero attached hydrogens (tertiary/aromatic N) is 1. The van der Waals surface area contributed by atoms with E-state index in [1.807, 2.05) is 31.2 Å². The number of nitrogens with two attached hydrogens (primary N) is 1. The number of aryl methyl sites for hydroxylation is 1. The van der Waals surface area contributed by atoms with Crippen molar-refractivity contribution in [2.75, 3.05) is 26.4 Å². The van der Waals surface area contributed by atoms with E-state index in [1.165, 1.54) is 5.56 Å². The van der Waals surface area contributed by atoms with Crippen molar-refractivity contribution in [3.8, 4) is 11.5 Å². The molecule has 0 atom stereocenters. The minimum Gasteiger partial charge on any atom is -0.491 e. The van der Waals surface area contributed by atoms with Crippen LogP contribution < -0.4 is 15.2 Å². The molecule has 29 heavy (non-hydrogen) atoms. The van der Waals surface area contributed by atoms with Gasteiger partial charge in [-0.25, -0.2) is 0 Å². The first-order valence-electron chi connectivity index (χ1n) is 8.99. The Kier molecular flexibility index (Phi) is 7.57. The van der Waals surface area contributed by atoms with E-state index < -0.39 is 0 Å². The van der Waals surface area contributed by atoms with Crippen LogP contribution in [-0.2, 0) is 9.53 Å². The maximum atomic E-state index is 11.8. The molecule has 0 spiro atoms. The zero-order chi connectivity index (χ0) is 20.6. The highest BCUT2D eigenvalue weighted by molar-refractivity contribution is 8.18. The molecule has 1 amide bonds. The maximum Gasteiger partial charge on any atom is 0.286 e. The number of rotatable bonds is 9. The Morgan fingerprint density at radius 2 is 1.79 bits per heavy atom. The van der Waals surface area contributed by atoms with E-state index in [0.29, 0.717) is 47.7 Å². The molecular weight excluding hydrogens is 412 g/mol. The van der Waals surface area contributed by atoms with E-state index in [4.69, 9.17) is 31.5 Å². The summed E-state index contributed by atoms with van der Waals surface area (Å²) in [5, 5.41) is 0.769. The fraction of sp³-hybridized carbons (Fsp3) is 0.238. The van der Waals surface area contributed by atoms with Gasteiger partial charge in [-0.05, 0) is 55.1 Å². The van der Waals surface area contributed by atoms with Gasteiger partial charge in [-0.1, -0.05) is 29.3 Å². The van der Waals surface area contributed by atoms with Crippen LogP contribution in [0.3, 0.4) is 0 Å². The molecule has 0 radical (unpaired) electrons. The maximum absolute atomic E-state index is 11.8. The molecule has 0 bridgehead atoms. The fourth-order valence-electron chi connectivity index (χ4n) is 2.50. The summed E-state index contributed by atoms with van der Waals surface area (Å²) in [5.74, 6) is 1.05. The molecule has 1 aliphatic heterocycles. The monoisotopic (exact) mass is 432 g/mol. The molecule has 8 heteroatoms. The Morgan fingerprint density at radius 1 is 1.07 bits per heavy atom. The second-order valence-corrected chi connectivity index (χ2v) is 7.67. The van der Waals surface area contributed by atoms with Crippen LogP contribution >= 0.6 is 23.4 Å². The first-order valence-corrected chi connectivity index (χ1v) is 10.2. The number of hydrogen-bond donors (Lipinski definition) is 1. The second kappa shape index (κ2) is 10.3. The molecule has 0 aliphatic carbocycles. The predicted octanol–water partition coefficient (Wildman–Crippen LogP) is 4.05. The van der Waals surface area contributed by atoms with Gasteiger partial charge in [0, 0.05) is 10.6 Å². The first kappa shape index (κ1) is 21.2. The van der Waals surface area contributed by atoms with Crippen molar-refractivity contribution < 1.29 is 19.0 Å². The van der Waals surface area contributed by atoms with Crippen LogP contribution in [0, 0.1) is 6.92 Å². The Hall–Kier alpha value is -2.48. The highest BCUT2D eigenvalue weighted by Crippen LogP contribution is 2.31. The van der Waals surface area contributed by atoms with Crippen LogP contribution in [0.5, 0.6) is 11.5 Å². The highest BCUT2D eigenvalue weighted by Gasteiger charge is 2.20. The Labute approximate surface area is 178 Å². The van der Waals surface area contributed by atoms with Crippen LogP contribution in [0.1, 0.15) is 11.1 Å². The first-order chi connectivity index (χ1) is 14.0. The van der Waals surface area contributed by atoms with Gasteiger partial charge < -0.3 is 19.9 Å². The van der Waals surface area contributed by atoms with Crippen molar-refractivity contribution in [3.05, 3.63) is 63.5 Å². The highest BCUT2D eigenvalue weighted by atomic mass is 35.5. The topological polar surface area (TPSA) is 83.1 Å². The molecule has 0 unspecified atom stereocenters. The van der Waals surface area contributed by atoms with Crippen molar-refractivity contribution >= 4 is 40.5 Å². The summed E-state index contributed by atoms with van der Waals surface area (Å²) in [6.07, 6.45) is 1.67. The molecule has 6 nitrogen and oxygen atoms in total. The molecule has 2 aromatic rings. The summed E-state index contributed by atoms with van der Waals surface area (Å²) in [5.41, 5.74) is 7.46. The molecule has 0 fully saturated rings. The third-order valence-electron chi connectivity index (χ3n) is 3.90. The summed E-state index contributed by atoms with van der Waals surface area (Å²) < 4.78 is 16.9. The lowest BCUT2D eigenvalue weighted by Crippen LogP contribution is -2.12. The zero-order valence-electron chi connectivity index (χ0n) is 15.9. The number of carbonyl (C=O) groups excluding carboxylic acids is 1. The SMILES string of the molecule is Cc1ccc(OCCOCCOc2ccc(Cl)cc2C=C2SC(N)=NC2=O)cc1. The molecule has 1 heterocycles. The molecule has 152 valence electrons. The van der Waals surface area contributed by atoms with Crippen LogP contribution in [0.4, 0.5) is 0 Å². The van der Waals surface area contributed by atoms with Gasteiger partial charge in [0.05, 0.1) is 18.1 Å². The number of amidine groups is 1. The lowest BCUT2D eigenvalue weighted by molar-refractivity contribution is -0.113. The predicted molar refractivity (Wildman–Crippen MR) is 117 cm³/mol. The van der Waals surface area contributed by atoms with Gasteiger partial charge in [-0.2, -0.15) is 4.99 Å². The van der Waals surface area contributed by atoms with Crippen molar-refractivity contribution in [2.45, 2.75) is 6.92 Å². The number of aliphatic imine (C=N–C) groups is 1. The molecule has 3 rings (SSSR count). The van der Waals surface area contributed by atoms with E-state index in [-0.39, 0.29) is 11.1 Å². The molecule has 0 saturated heterocycles. The summed E-state index contributed by atoms with van der Waals surface area (Å²) in [7, 11) is 0. The lowest BCUT2D eigenvalue weighted by atomic mass is 10.2. The molecule has 0 aromatic heterocycles. The third-order valence-corrected chi connectivity index (χ3v) is 4.95. The van der Waals surface area contributed by atoms with Gasteiger partial charge in [-0.3, -0.25) is 4.79 Å². The average molecular weight is 433 g/mol. The number of ether oxygens (including phenoxy) is 3. The number of benzene rings is 2. The van der Waals surface area contributed by atoms with E-state index in [0.717, 1.165) is 17.5 Å². The van der Waals surface area contributed by atoms with Crippen LogP contribution in [-0.4, -0.2) is 37.5 Å². The number of amides is 1. The van der Waals surface area contributed by atoms with E-state index in [9.17, 15) is 4.79 Å². The molecule has 1 aliphatic rings. The number of halogens is 1. The van der Waals surface area contributed by atoms with Crippen LogP contribution in [0.25, 0.3) is 6.08 Å². The van der Waals surface area contributed by atoms with Gasteiger partial charge in [0.1, 0.15) is 24.7 Å². The Morgan fingerprint density at radius 3 is 2.48 bits per heavy atom. The van der Waals surface area contributed by atoms with E-state index in [2.05, 4.69) is 4.99 Å². The fourth-order valence-corrected chi connectivity index (χ4v) is 3.35. The minimum absolute atomic E-state index is 0.229. The largest absolute Gasteiger partial charge is 0.491 e. The summed E-state index contributed by atoms with van der Waals surface area (Å²) in [4.78, 5) is 15.9. The van der Waals surface area contributed by atoms with Gasteiger partial charge in [-0.15, -0.1) is 0 Å². The standard InChI is InChI=1S/C21H21ClN2O4S/c1-14-2-5-17(6-3-14)27-10-8-26-9-11-28-18-7-4-16(22)12-15(18)13-19-20(25)24-21(23)29-19/h2-7,12-13H,8-11H2,1H3,(H2,23,24,25). The van der Waals surface area contributed by atoms with E-state index >= 15 is 0 Å². The van der Waals surface area contributed by atoms with Gasteiger partial charge in [0.25, 0.3) is 5.91 Å². The Bertz CT molecular complexity index is 929. The van der Waals surface area contributed by atoms with Gasteiger partial charge in [0.2, 0.25) is 0 Å². The van der Waals surface area contributed by atoms with Gasteiger partial charge >= 0.3 is 0 Å². The molecular formula is C21H21ClN2O4S. The quantitative estimate of drug-likeness (QED) is 0.475. The van der Waals surface area contributed by atoms with Crippen LogP contribution in [0.2, 0.25) is 5.02 Å². The number of carbonyl (C=O) groups is 1. The number of thioether (sulfide) groups is 1. The molecule has 2 N–H and O–H groups in total. The van der Waals surface area contributed by atoms with Crippen molar-refractivity contribution in [1.29, 1.82) is 0 Å². The van der Waals surface area contributed by atoms with Crippen molar-refractivity contribution in [1.82, 2.24) is 0 Å². The lowest BCUT2D eigenvalue weighted by Gasteiger charge is -2.11. The third kappa shape index (κ3) is 6.52. The summed E-state index contributed by atoms with van der Waals surface area (Å²) in [6, 6.07) is 13.1. The van der Waals surface area contributed by atoms with Gasteiger partial charge in [0.15, 0.2) is 5.17 Å². The zero-order valence-corrected chi connectivity index (χ0v) is 17.5. The van der Waals surface area contributed by atoms with Crippen LogP contribution in [0.15, 0.2) is 52.4 Å². The normalized spacial score (nSPS) is 14.9. The molecule has 0 saturated carbocycles. The average Bonchev–Trinajstić information content (AvgIpc) is 3.01. The minimum atomic E-state index is -0.365. The second-order valence-electron chi connectivity index (χ2n) is 6.17. The summed E-state index contributed by atoms with van der Waals surface area (Å²) in [6.45, 7) is 3.70. The van der Waals surface area contributed by atoms with E-state index in [1.54, 1.807) is 24.3 Å². The smallest absolute Gasteiger partial charge is 0.286 e. The summed E-state index contributed by atoms with van der Waals surface area (Å²) >= 11 is 7.20.